The van der Waals surface area contributed by atoms with Gasteiger partial charge >= 0.3 is 12.2 Å². The molecular weight excluding hydrogens is 471 g/mol. The summed E-state index contributed by atoms with van der Waals surface area (Å²) in [6.45, 7) is 1.75. The Balaban J connectivity index is 1.40. The fourth-order valence-corrected chi connectivity index (χ4v) is 3.26. The molecule has 11 heteroatoms. The van der Waals surface area contributed by atoms with Crippen molar-refractivity contribution in [3.05, 3.63) is 89.5 Å². The topological polar surface area (TPSA) is 81.1 Å². The van der Waals surface area contributed by atoms with Crippen molar-refractivity contribution in [2.45, 2.75) is 13.1 Å². The third-order valence-corrected chi connectivity index (χ3v) is 4.86. The number of benzene rings is 2. The maximum atomic E-state index is 13.0. The van der Waals surface area contributed by atoms with Crippen molar-refractivity contribution < 1.29 is 22.7 Å². The van der Waals surface area contributed by atoms with Gasteiger partial charge in [-0.25, -0.2) is 9.78 Å². The van der Waals surface area contributed by atoms with E-state index in [1.807, 2.05) is 29.1 Å². The Morgan fingerprint density at radius 3 is 2.29 bits per heavy atom. The standard InChI is InChI=1S/C23H17ClF3N5O2/c1-14-28-20(32-10-2-3-11-32)13-21(29-14)34-17-7-4-15(5-8-17)30-22(33)31-16-6-9-19(24)18(12-16)23(25,26)27/h2-13H,1H3,(H2,30,31,33). The fraction of sp³-hybridized carbons (Fsp3) is 0.0870. The summed E-state index contributed by atoms with van der Waals surface area (Å²) in [5, 5.41) is 4.44. The van der Waals surface area contributed by atoms with E-state index in [2.05, 4.69) is 20.6 Å². The van der Waals surface area contributed by atoms with Gasteiger partial charge in [0.2, 0.25) is 5.88 Å². The van der Waals surface area contributed by atoms with Gasteiger partial charge in [-0.3, -0.25) is 0 Å². The van der Waals surface area contributed by atoms with E-state index in [1.165, 1.54) is 6.07 Å². The molecular formula is C23H17ClF3N5O2. The molecule has 0 spiro atoms. The molecule has 2 N–H and O–H groups in total. The molecule has 2 amide bonds. The third kappa shape index (κ3) is 5.65. The number of aryl methyl sites for hydroxylation is 1. The smallest absolute Gasteiger partial charge is 0.417 e. The SMILES string of the molecule is Cc1nc(Oc2ccc(NC(=O)Nc3ccc(Cl)c(C(F)(F)F)c3)cc2)cc(-n2cccc2)n1. The second-order valence-electron chi connectivity index (χ2n) is 7.10. The van der Waals surface area contributed by atoms with E-state index in [-0.39, 0.29) is 5.69 Å². The van der Waals surface area contributed by atoms with E-state index in [1.54, 1.807) is 37.3 Å². The van der Waals surface area contributed by atoms with Gasteiger partial charge in [-0.2, -0.15) is 18.2 Å². The number of ether oxygens (including phenoxy) is 1. The Kier molecular flexibility index (Phi) is 6.42. The number of nitrogens with one attached hydrogen (secondary N) is 2. The zero-order valence-corrected chi connectivity index (χ0v) is 18.4. The van der Waals surface area contributed by atoms with Crippen molar-refractivity contribution in [2.24, 2.45) is 0 Å². The first kappa shape index (κ1) is 23.1. The number of alkyl halides is 3. The molecule has 0 atom stereocenters. The Bertz CT molecular complexity index is 1310. The van der Waals surface area contributed by atoms with Gasteiger partial charge in [0.1, 0.15) is 17.4 Å². The molecule has 7 nitrogen and oxygen atoms in total. The summed E-state index contributed by atoms with van der Waals surface area (Å²) < 4.78 is 46.6. The number of rotatable bonds is 5. The molecule has 0 bridgehead atoms. The monoisotopic (exact) mass is 487 g/mol. The molecule has 2 heterocycles. The van der Waals surface area contributed by atoms with E-state index in [0.29, 0.717) is 29.0 Å². The molecule has 2 aromatic heterocycles. The number of hydrogen-bond donors (Lipinski definition) is 2. The van der Waals surface area contributed by atoms with E-state index in [0.717, 1.165) is 12.1 Å². The number of carbonyl (C=O) groups is 1. The van der Waals surface area contributed by atoms with Crippen LogP contribution in [0, 0.1) is 6.92 Å². The third-order valence-electron chi connectivity index (χ3n) is 4.53. The summed E-state index contributed by atoms with van der Waals surface area (Å²) in [6.07, 6.45) is -0.929. The van der Waals surface area contributed by atoms with Gasteiger partial charge in [-0.15, -0.1) is 0 Å². The highest BCUT2D eigenvalue weighted by Crippen LogP contribution is 2.36. The van der Waals surface area contributed by atoms with Crippen molar-refractivity contribution in [3.8, 4) is 17.4 Å². The number of hydrogen-bond acceptors (Lipinski definition) is 4. The molecule has 4 aromatic rings. The zero-order chi connectivity index (χ0) is 24.3. The first-order valence-corrected chi connectivity index (χ1v) is 10.3. The highest BCUT2D eigenvalue weighted by molar-refractivity contribution is 6.31. The minimum absolute atomic E-state index is 0.0493. The molecule has 0 saturated carbocycles. The van der Waals surface area contributed by atoms with Crippen LogP contribution in [0.2, 0.25) is 5.02 Å². The van der Waals surface area contributed by atoms with Crippen LogP contribution in [-0.4, -0.2) is 20.6 Å². The maximum Gasteiger partial charge on any atom is 0.417 e. The normalized spacial score (nSPS) is 11.2. The van der Waals surface area contributed by atoms with Crippen molar-refractivity contribution in [2.75, 3.05) is 10.6 Å². The summed E-state index contributed by atoms with van der Waals surface area (Å²) >= 11 is 5.59. The van der Waals surface area contributed by atoms with Crippen LogP contribution in [0.15, 0.2) is 73.1 Å². The molecule has 0 radical (unpaired) electrons. The van der Waals surface area contributed by atoms with Crippen molar-refractivity contribution in [1.29, 1.82) is 0 Å². The van der Waals surface area contributed by atoms with Gasteiger partial charge in [0, 0.05) is 29.8 Å². The van der Waals surface area contributed by atoms with E-state index in [9.17, 15) is 18.0 Å². The molecule has 174 valence electrons. The number of nitrogens with zero attached hydrogens (tertiary/aromatic N) is 3. The molecule has 4 rings (SSSR count). The highest BCUT2D eigenvalue weighted by Gasteiger charge is 2.33. The molecule has 0 aliphatic carbocycles. The molecule has 0 saturated heterocycles. The predicted octanol–water partition coefficient (Wildman–Crippen LogP) is 6.68. The van der Waals surface area contributed by atoms with Gasteiger partial charge in [-0.1, -0.05) is 11.6 Å². The lowest BCUT2D eigenvalue weighted by Crippen LogP contribution is -2.19. The largest absolute Gasteiger partial charge is 0.439 e. The van der Waals surface area contributed by atoms with Crippen molar-refractivity contribution in [3.63, 3.8) is 0 Å². The lowest BCUT2D eigenvalue weighted by molar-refractivity contribution is -0.137. The van der Waals surface area contributed by atoms with Crippen molar-refractivity contribution >= 4 is 29.0 Å². The minimum atomic E-state index is -4.63. The average molecular weight is 488 g/mol. The molecule has 34 heavy (non-hydrogen) atoms. The fourth-order valence-electron chi connectivity index (χ4n) is 3.04. The van der Waals surface area contributed by atoms with E-state index < -0.39 is 22.8 Å². The summed E-state index contributed by atoms with van der Waals surface area (Å²) in [6, 6.07) is 14.2. The van der Waals surface area contributed by atoms with Gasteiger partial charge in [0.15, 0.2) is 0 Å². The number of amides is 2. The number of carbonyl (C=O) groups excluding carboxylic acids is 1. The van der Waals surface area contributed by atoms with Crippen LogP contribution < -0.4 is 15.4 Å². The Hall–Kier alpha value is -4.05. The van der Waals surface area contributed by atoms with Crippen LogP contribution in [0.25, 0.3) is 5.82 Å². The minimum Gasteiger partial charge on any atom is -0.439 e. The number of halogens is 4. The Labute approximate surface area is 197 Å². The summed E-state index contributed by atoms with van der Waals surface area (Å²) in [5.41, 5.74) is -0.679. The van der Waals surface area contributed by atoms with Crippen LogP contribution in [0.3, 0.4) is 0 Å². The first-order chi connectivity index (χ1) is 16.2. The maximum absolute atomic E-state index is 13.0. The zero-order valence-electron chi connectivity index (χ0n) is 17.6. The lowest BCUT2D eigenvalue weighted by atomic mass is 10.2. The quantitative estimate of drug-likeness (QED) is 0.329. The number of anilines is 2. The van der Waals surface area contributed by atoms with E-state index in [4.69, 9.17) is 16.3 Å². The highest BCUT2D eigenvalue weighted by atomic mass is 35.5. The predicted molar refractivity (Wildman–Crippen MR) is 122 cm³/mol. The summed E-state index contributed by atoms with van der Waals surface area (Å²) in [7, 11) is 0. The second-order valence-corrected chi connectivity index (χ2v) is 7.51. The number of urea groups is 1. The lowest BCUT2D eigenvalue weighted by Gasteiger charge is -2.12. The Morgan fingerprint density at radius 1 is 0.971 bits per heavy atom. The van der Waals surface area contributed by atoms with Crippen LogP contribution >= 0.6 is 11.6 Å². The van der Waals surface area contributed by atoms with Crippen LogP contribution in [0.5, 0.6) is 11.6 Å². The molecule has 0 fully saturated rings. The molecule has 0 aliphatic heterocycles. The summed E-state index contributed by atoms with van der Waals surface area (Å²) in [5.74, 6) is 2.00. The van der Waals surface area contributed by atoms with Gasteiger partial charge < -0.3 is 19.9 Å². The second kappa shape index (κ2) is 9.44. The molecule has 0 unspecified atom stereocenters. The number of aromatic nitrogens is 3. The summed E-state index contributed by atoms with van der Waals surface area (Å²) in [4.78, 5) is 20.8. The molecule has 2 aromatic carbocycles. The van der Waals surface area contributed by atoms with Crippen LogP contribution in [-0.2, 0) is 6.18 Å². The van der Waals surface area contributed by atoms with Gasteiger partial charge in [0.05, 0.1) is 10.6 Å². The van der Waals surface area contributed by atoms with Crippen LogP contribution in [0.4, 0.5) is 29.3 Å². The van der Waals surface area contributed by atoms with E-state index >= 15 is 0 Å². The molecule has 0 aliphatic rings. The van der Waals surface area contributed by atoms with Crippen molar-refractivity contribution in [1.82, 2.24) is 14.5 Å². The van der Waals surface area contributed by atoms with Gasteiger partial charge in [0.25, 0.3) is 0 Å². The first-order valence-electron chi connectivity index (χ1n) is 9.89. The Morgan fingerprint density at radius 2 is 1.62 bits per heavy atom. The van der Waals surface area contributed by atoms with Gasteiger partial charge in [-0.05, 0) is 61.5 Å². The van der Waals surface area contributed by atoms with Crippen LogP contribution in [0.1, 0.15) is 11.4 Å². The average Bonchev–Trinajstić information content (AvgIpc) is 3.30.